The van der Waals surface area contributed by atoms with E-state index >= 15 is 0 Å². The Labute approximate surface area is 201 Å². The second kappa shape index (κ2) is 10.9. The minimum absolute atomic E-state index is 0.161. The van der Waals surface area contributed by atoms with Crippen LogP contribution in [-0.4, -0.2) is 24.6 Å². The maximum absolute atomic E-state index is 12.2. The van der Waals surface area contributed by atoms with Gasteiger partial charge in [-0.1, -0.05) is 54.6 Å². The van der Waals surface area contributed by atoms with Crippen molar-refractivity contribution in [3.05, 3.63) is 94.8 Å². The van der Waals surface area contributed by atoms with Gasteiger partial charge in [0.05, 0.1) is 18.4 Å². The Bertz CT molecular complexity index is 1340. The van der Waals surface area contributed by atoms with E-state index in [0.29, 0.717) is 27.8 Å². The number of hydrogen-bond donors (Lipinski definition) is 1. The van der Waals surface area contributed by atoms with Crippen LogP contribution in [0.1, 0.15) is 10.6 Å². The molecule has 0 unspecified atom stereocenters. The van der Waals surface area contributed by atoms with Gasteiger partial charge in [-0.15, -0.1) is 11.3 Å². The predicted molar refractivity (Wildman–Crippen MR) is 135 cm³/mol. The van der Waals surface area contributed by atoms with Crippen LogP contribution in [-0.2, 0) is 4.79 Å². The summed E-state index contributed by atoms with van der Waals surface area (Å²) in [6.45, 7) is -0.161. The number of benzene rings is 3. The van der Waals surface area contributed by atoms with Crippen LogP contribution in [0.3, 0.4) is 0 Å². The highest BCUT2D eigenvalue weighted by atomic mass is 32.1. The number of methoxy groups -OCH3 is 1. The molecule has 34 heavy (non-hydrogen) atoms. The monoisotopic (exact) mass is 467 g/mol. The molecule has 0 spiro atoms. The first-order valence-electron chi connectivity index (χ1n) is 10.4. The fourth-order valence-corrected chi connectivity index (χ4v) is 4.00. The number of thiazole rings is 1. The molecular formula is C27H21N3O3S. The van der Waals surface area contributed by atoms with Crippen LogP contribution in [0.2, 0.25) is 0 Å². The highest BCUT2D eigenvalue weighted by molar-refractivity contribution is 7.11. The van der Waals surface area contributed by atoms with Crippen LogP contribution in [0.15, 0.2) is 84.2 Å². The largest absolute Gasteiger partial charge is 0.493 e. The molecule has 0 aliphatic heterocycles. The summed E-state index contributed by atoms with van der Waals surface area (Å²) >= 11 is 1.42. The van der Waals surface area contributed by atoms with Gasteiger partial charge in [0, 0.05) is 16.6 Å². The molecule has 0 saturated heterocycles. The van der Waals surface area contributed by atoms with E-state index in [4.69, 9.17) is 9.47 Å². The van der Waals surface area contributed by atoms with E-state index in [0.717, 1.165) is 16.8 Å². The number of carbonyl (C=O) groups excluding carboxylic acids is 1. The van der Waals surface area contributed by atoms with Gasteiger partial charge in [-0.05, 0) is 35.9 Å². The summed E-state index contributed by atoms with van der Waals surface area (Å²) in [6.07, 6.45) is 1.75. The number of carbonyl (C=O) groups is 1. The number of rotatable bonds is 8. The zero-order valence-electron chi connectivity index (χ0n) is 18.4. The zero-order valence-corrected chi connectivity index (χ0v) is 19.2. The third-order valence-electron chi connectivity index (χ3n) is 4.84. The number of ether oxygens (including phenoxy) is 2. The first-order chi connectivity index (χ1) is 16.7. The molecular weight excluding hydrogens is 446 g/mol. The topological polar surface area (TPSA) is 84.2 Å². The smallest absolute Gasteiger partial charge is 0.262 e. The van der Waals surface area contributed by atoms with E-state index in [1.165, 1.54) is 18.4 Å². The van der Waals surface area contributed by atoms with E-state index < -0.39 is 0 Å². The van der Waals surface area contributed by atoms with Gasteiger partial charge in [-0.2, -0.15) is 5.26 Å². The Hall–Kier alpha value is -4.41. The Morgan fingerprint density at radius 3 is 2.50 bits per heavy atom. The lowest BCUT2D eigenvalue weighted by atomic mass is 10.1. The van der Waals surface area contributed by atoms with Gasteiger partial charge in [0.2, 0.25) is 0 Å². The predicted octanol–water partition coefficient (Wildman–Crippen LogP) is 5.90. The average molecular weight is 468 g/mol. The van der Waals surface area contributed by atoms with Crippen molar-refractivity contribution in [1.82, 2.24) is 4.98 Å². The van der Waals surface area contributed by atoms with Gasteiger partial charge in [0.25, 0.3) is 5.91 Å². The molecule has 1 N–H and O–H groups in total. The highest BCUT2D eigenvalue weighted by Crippen LogP contribution is 2.31. The number of nitrogens with one attached hydrogen (secondary N) is 1. The molecule has 168 valence electrons. The third-order valence-corrected chi connectivity index (χ3v) is 5.72. The average Bonchev–Trinajstić information content (AvgIpc) is 3.37. The van der Waals surface area contributed by atoms with Crippen molar-refractivity contribution in [1.29, 1.82) is 5.26 Å². The molecule has 1 heterocycles. The lowest BCUT2D eigenvalue weighted by molar-refractivity contribution is -0.118. The van der Waals surface area contributed by atoms with Gasteiger partial charge in [-0.25, -0.2) is 4.98 Å². The molecule has 0 radical (unpaired) electrons. The SMILES string of the molecule is COc1cc(/C=C(\C#N)c2nc(-c3ccccc3)cs2)ccc1OCC(=O)Nc1ccccc1. The highest BCUT2D eigenvalue weighted by Gasteiger charge is 2.12. The normalized spacial score (nSPS) is 10.9. The van der Waals surface area contributed by atoms with Gasteiger partial charge in [0.15, 0.2) is 18.1 Å². The minimum Gasteiger partial charge on any atom is -0.493 e. The number of hydrogen-bond acceptors (Lipinski definition) is 6. The molecule has 7 heteroatoms. The molecule has 4 rings (SSSR count). The Morgan fingerprint density at radius 1 is 1.06 bits per heavy atom. The van der Waals surface area contributed by atoms with Gasteiger partial charge in [0.1, 0.15) is 11.1 Å². The maximum Gasteiger partial charge on any atom is 0.262 e. The number of anilines is 1. The summed E-state index contributed by atoms with van der Waals surface area (Å²) < 4.78 is 11.1. The van der Waals surface area contributed by atoms with E-state index in [2.05, 4.69) is 16.4 Å². The zero-order chi connectivity index (χ0) is 23.8. The third kappa shape index (κ3) is 5.68. The van der Waals surface area contributed by atoms with Crippen LogP contribution in [0.25, 0.3) is 22.9 Å². The molecule has 3 aromatic carbocycles. The van der Waals surface area contributed by atoms with Crippen LogP contribution in [0.5, 0.6) is 11.5 Å². The van der Waals surface area contributed by atoms with Gasteiger partial charge >= 0.3 is 0 Å². The summed E-state index contributed by atoms with van der Waals surface area (Å²) in [5.41, 5.74) is 3.74. The molecule has 0 atom stereocenters. The van der Waals surface area contributed by atoms with Crippen molar-refractivity contribution >= 4 is 34.6 Å². The summed E-state index contributed by atoms with van der Waals surface area (Å²) in [5, 5.41) is 15.1. The molecule has 0 aliphatic rings. The summed E-state index contributed by atoms with van der Waals surface area (Å²) in [5.74, 6) is 0.617. The maximum atomic E-state index is 12.2. The molecule has 0 bridgehead atoms. The van der Waals surface area contributed by atoms with Crippen molar-refractivity contribution in [2.45, 2.75) is 0 Å². The van der Waals surface area contributed by atoms with E-state index in [1.807, 2.05) is 53.9 Å². The van der Waals surface area contributed by atoms with Crippen LogP contribution < -0.4 is 14.8 Å². The van der Waals surface area contributed by atoms with Crippen molar-refractivity contribution in [2.24, 2.45) is 0 Å². The minimum atomic E-state index is -0.276. The second-order valence-electron chi connectivity index (χ2n) is 7.19. The fourth-order valence-electron chi connectivity index (χ4n) is 3.20. The lowest BCUT2D eigenvalue weighted by Gasteiger charge is -2.11. The standard InChI is InChI=1S/C27H21N3O3S/c1-32-25-15-19(12-13-24(25)33-17-26(31)29-22-10-6-3-7-11-22)14-21(16-28)27-30-23(18-34-27)20-8-4-2-5-9-20/h2-15,18H,17H2,1H3,(H,29,31)/b21-14+. The van der Waals surface area contributed by atoms with Crippen LogP contribution in [0, 0.1) is 11.3 Å². The molecule has 6 nitrogen and oxygen atoms in total. The van der Waals surface area contributed by atoms with Crippen molar-refractivity contribution < 1.29 is 14.3 Å². The molecule has 0 fully saturated rings. The van der Waals surface area contributed by atoms with E-state index in [1.54, 1.807) is 36.4 Å². The molecule has 1 amide bonds. The van der Waals surface area contributed by atoms with Crippen molar-refractivity contribution in [2.75, 3.05) is 19.0 Å². The molecule has 1 aromatic heterocycles. The Balaban J connectivity index is 1.47. The molecule has 0 aliphatic carbocycles. The van der Waals surface area contributed by atoms with E-state index in [-0.39, 0.29) is 12.5 Å². The number of nitrogens with zero attached hydrogens (tertiary/aromatic N) is 2. The van der Waals surface area contributed by atoms with E-state index in [9.17, 15) is 10.1 Å². The number of para-hydroxylation sites is 1. The Morgan fingerprint density at radius 2 is 1.79 bits per heavy atom. The molecule has 0 saturated carbocycles. The Kier molecular flexibility index (Phi) is 7.33. The summed E-state index contributed by atoms with van der Waals surface area (Å²) in [7, 11) is 1.53. The summed E-state index contributed by atoms with van der Waals surface area (Å²) in [6, 6.07) is 26.5. The molecule has 4 aromatic rings. The lowest BCUT2D eigenvalue weighted by Crippen LogP contribution is -2.20. The second-order valence-corrected chi connectivity index (χ2v) is 8.05. The summed E-state index contributed by atoms with van der Waals surface area (Å²) in [4.78, 5) is 16.8. The number of aromatic nitrogens is 1. The van der Waals surface area contributed by atoms with Gasteiger partial charge in [-0.3, -0.25) is 4.79 Å². The quantitative estimate of drug-likeness (QED) is 0.326. The number of nitriles is 1. The van der Waals surface area contributed by atoms with Crippen LogP contribution >= 0.6 is 11.3 Å². The van der Waals surface area contributed by atoms with Crippen molar-refractivity contribution in [3.63, 3.8) is 0 Å². The number of amides is 1. The first-order valence-corrected chi connectivity index (χ1v) is 11.3. The number of allylic oxidation sites excluding steroid dienone is 1. The van der Waals surface area contributed by atoms with Crippen LogP contribution in [0.4, 0.5) is 5.69 Å². The first kappa shape index (κ1) is 22.8. The van der Waals surface area contributed by atoms with Crippen molar-refractivity contribution in [3.8, 4) is 28.8 Å². The van der Waals surface area contributed by atoms with Gasteiger partial charge < -0.3 is 14.8 Å². The fraction of sp³-hybridized carbons (Fsp3) is 0.0741.